The van der Waals surface area contributed by atoms with Crippen molar-refractivity contribution in [3.63, 3.8) is 0 Å². The molecular formula is C16H17FN2O5S. The van der Waals surface area contributed by atoms with Gasteiger partial charge in [0.25, 0.3) is 5.91 Å². The van der Waals surface area contributed by atoms with Crippen molar-refractivity contribution in [1.82, 2.24) is 10.3 Å². The molecule has 0 aliphatic rings. The Kier molecular flexibility index (Phi) is 5.58. The molecule has 1 atom stereocenters. The molecule has 0 spiro atoms. The lowest BCUT2D eigenvalue weighted by atomic mass is 10.1. The molecule has 0 radical (unpaired) electrons. The van der Waals surface area contributed by atoms with Gasteiger partial charge in [0, 0.05) is 6.07 Å². The zero-order valence-electron chi connectivity index (χ0n) is 14.0. The summed E-state index contributed by atoms with van der Waals surface area (Å²) >= 11 is 0.967. The number of methoxy groups -OCH3 is 2. The summed E-state index contributed by atoms with van der Waals surface area (Å²) in [4.78, 5) is 27.7. The highest BCUT2D eigenvalue weighted by Crippen LogP contribution is 2.30. The van der Waals surface area contributed by atoms with Crippen molar-refractivity contribution in [1.29, 1.82) is 0 Å². The second-order valence-corrected chi connectivity index (χ2v) is 6.18. The number of hydrogen-bond donors (Lipinski definition) is 2. The average molecular weight is 368 g/mol. The number of aromatic carboxylic acids is 1. The van der Waals surface area contributed by atoms with Crippen molar-refractivity contribution in [2.45, 2.75) is 19.9 Å². The van der Waals surface area contributed by atoms with Crippen LogP contribution in [0.1, 0.15) is 43.7 Å². The van der Waals surface area contributed by atoms with Crippen molar-refractivity contribution in [3.05, 3.63) is 39.1 Å². The third-order valence-corrected chi connectivity index (χ3v) is 4.77. The Labute approximate surface area is 147 Å². The Balaban J connectivity index is 2.24. The first kappa shape index (κ1) is 18.7. The zero-order chi connectivity index (χ0) is 18.7. The van der Waals surface area contributed by atoms with Crippen LogP contribution in [0.15, 0.2) is 12.1 Å². The number of ether oxygens (including phenoxy) is 2. The topological polar surface area (TPSA) is 97.8 Å². The number of aryl methyl sites for hydroxylation is 1. The number of nitrogens with zero attached hydrogens (tertiary/aromatic N) is 1. The number of amides is 1. The molecule has 1 heterocycles. The van der Waals surface area contributed by atoms with Gasteiger partial charge in [-0.2, -0.15) is 0 Å². The second-order valence-electron chi connectivity index (χ2n) is 5.15. The van der Waals surface area contributed by atoms with Crippen LogP contribution in [0.2, 0.25) is 0 Å². The molecule has 2 aromatic rings. The Hall–Kier alpha value is -2.68. The molecule has 7 nitrogen and oxygen atoms in total. The minimum Gasteiger partial charge on any atom is -0.493 e. The molecule has 134 valence electrons. The monoisotopic (exact) mass is 368 g/mol. The lowest BCUT2D eigenvalue weighted by molar-refractivity contribution is 0.0700. The highest BCUT2D eigenvalue weighted by atomic mass is 32.1. The summed E-state index contributed by atoms with van der Waals surface area (Å²) in [6, 6.07) is 1.72. The summed E-state index contributed by atoms with van der Waals surface area (Å²) in [7, 11) is 2.75. The van der Waals surface area contributed by atoms with E-state index in [0.29, 0.717) is 10.7 Å². The maximum atomic E-state index is 14.1. The number of carboxylic acid groups (broad SMARTS) is 1. The van der Waals surface area contributed by atoms with Gasteiger partial charge in [0.2, 0.25) is 0 Å². The van der Waals surface area contributed by atoms with E-state index < -0.39 is 23.7 Å². The third kappa shape index (κ3) is 3.87. The van der Waals surface area contributed by atoms with E-state index in [1.807, 2.05) is 0 Å². The Morgan fingerprint density at radius 3 is 2.40 bits per heavy atom. The van der Waals surface area contributed by atoms with E-state index in [1.54, 1.807) is 13.8 Å². The van der Waals surface area contributed by atoms with Gasteiger partial charge >= 0.3 is 5.97 Å². The van der Waals surface area contributed by atoms with E-state index >= 15 is 0 Å². The second kappa shape index (κ2) is 7.47. The van der Waals surface area contributed by atoms with Crippen molar-refractivity contribution in [2.24, 2.45) is 0 Å². The first-order valence-electron chi connectivity index (χ1n) is 7.21. The zero-order valence-corrected chi connectivity index (χ0v) is 14.9. The number of halogens is 1. The molecule has 2 N–H and O–H groups in total. The first-order valence-corrected chi connectivity index (χ1v) is 8.03. The van der Waals surface area contributed by atoms with E-state index in [9.17, 15) is 14.0 Å². The van der Waals surface area contributed by atoms with Crippen molar-refractivity contribution in [3.8, 4) is 11.5 Å². The fourth-order valence-electron chi connectivity index (χ4n) is 2.17. The number of rotatable bonds is 6. The summed E-state index contributed by atoms with van der Waals surface area (Å²) in [5, 5.41) is 12.1. The number of thiazole rings is 1. The molecule has 0 bridgehead atoms. The van der Waals surface area contributed by atoms with Crippen LogP contribution in [-0.2, 0) is 0 Å². The van der Waals surface area contributed by atoms with Gasteiger partial charge < -0.3 is 19.9 Å². The molecular weight excluding hydrogens is 351 g/mol. The fourth-order valence-corrected chi connectivity index (χ4v) is 3.07. The smallest absolute Gasteiger partial charge is 0.347 e. The molecule has 0 aliphatic heterocycles. The van der Waals surface area contributed by atoms with Crippen molar-refractivity contribution in [2.75, 3.05) is 14.2 Å². The molecule has 1 unspecified atom stereocenters. The minimum absolute atomic E-state index is 0.105. The Morgan fingerprint density at radius 1 is 1.28 bits per heavy atom. The van der Waals surface area contributed by atoms with Crippen LogP contribution in [0.5, 0.6) is 11.5 Å². The third-order valence-electron chi connectivity index (χ3n) is 3.44. The van der Waals surface area contributed by atoms with E-state index in [-0.39, 0.29) is 21.9 Å². The summed E-state index contributed by atoms with van der Waals surface area (Å²) in [6.45, 7) is 3.21. The maximum absolute atomic E-state index is 14.1. The number of carbonyl (C=O) groups excluding carboxylic acids is 1. The highest BCUT2D eigenvalue weighted by Gasteiger charge is 2.22. The van der Waals surface area contributed by atoms with Crippen LogP contribution in [0.3, 0.4) is 0 Å². The Bertz CT molecular complexity index is 821. The van der Waals surface area contributed by atoms with Crippen molar-refractivity contribution < 1.29 is 28.6 Å². The molecule has 1 aromatic heterocycles. The Morgan fingerprint density at radius 2 is 1.88 bits per heavy atom. The van der Waals surface area contributed by atoms with Gasteiger partial charge in [-0.1, -0.05) is 0 Å². The standard InChI is InChI=1S/C16H17FN2O5S/c1-7-13(16(21)22)25-15(19-7)8(2)18-14(20)9-5-11(23-3)12(24-4)6-10(9)17/h5-6,8H,1-4H3,(H,18,20)(H,21,22). The van der Waals surface area contributed by atoms with Gasteiger partial charge in [0.1, 0.15) is 15.7 Å². The minimum atomic E-state index is -1.08. The number of nitrogens with one attached hydrogen (secondary N) is 1. The summed E-state index contributed by atoms with van der Waals surface area (Å²) < 4.78 is 24.2. The van der Waals surface area contributed by atoms with E-state index in [0.717, 1.165) is 17.4 Å². The first-order chi connectivity index (χ1) is 11.8. The van der Waals surface area contributed by atoms with Gasteiger partial charge in [-0.25, -0.2) is 14.2 Å². The van der Waals surface area contributed by atoms with E-state index in [4.69, 9.17) is 14.6 Å². The lowest BCUT2D eigenvalue weighted by Crippen LogP contribution is -2.27. The van der Waals surface area contributed by atoms with Gasteiger partial charge in [0.15, 0.2) is 11.5 Å². The lowest BCUT2D eigenvalue weighted by Gasteiger charge is -2.14. The molecule has 0 saturated heterocycles. The maximum Gasteiger partial charge on any atom is 0.347 e. The quantitative estimate of drug-likeness (QED) is 0.814. The molecule has 9 heteroatoms. The van der Waals surface area contributed by atoms with Crippen LogP contribution in [0.25, 0.3) is 0 Å². The molecule has 2 rings (SSSR count). The molecule has 1 aromatic carbocycles. The summed E-state index contributed by atoms with van der Waals surface area (Å²) in [5.74, 6) is -2.11. The number of hydrogen-bond acceptors (Lipinski definition) is 6. The van der Waals surface area contributed by atoms with Gasteiger partial charge in [-0.3, -0.25) is 4.79 Å². The van der Waals surface area contributed by atoms with Crippen LogP contribution in [0.4, 0.5) is 4.39 Å². The van der Waals surface area contributed by atoms with Gasteiger partial charge in [0.05, 0.1) is 31.5 Å². The van der Waals surface area contributed by atoms with E-state index in [2.05, 4.69) is 10.3 Å². The SMILES string of the molecule is COc1cc(F)c(C(=O)NC(C)c2nc(C)c(C(=O)O)s2)cc1OC. The largest absolute Gasteiger partial charge is 0.493 e. The van der Waals surface area contributed by atoms with Crippen LogP contribution >= 0.6 is 11.3 Å². The number of benzene rings is 1. The summed E-state index contributed by atoms with van der Waals surface area (Å²) in [6.07, 6.45) is 0. The predicted octanol–water partition coefficient (Wildman–Crippen LogP) is 2.80. The van der Waals surface area contributed by atoms with Gasteiger partial charge in [-0.05, 0) is 19.9 Å². The fraction of sp³-hybridized carbons (Fsp3) is 0.312. The molecule has 1 amide bonds. The summed E-state index contributed by atoms with van der Waals surface area (Å²) in [5.41, 5.74) is 0.155. The number of aromatic nitrogens is 1. The van der Waals surface area contributed by atoms with Crippen LogP contribution < -0.4 is 14.8 Å². The van der Waals surface area contributed by atoms with Crippen LogP contribution in [-0.4, -0.2) is 36.2 Å². The molecule has 0 saturated carbocycles. The van der Waals surface area contributed by atoms with Gasteiger partial charge in [-0.15, -0.1) is 11.3 Å². The van der Waals surface area contributed by atoms with E-state index in [1.165, 1.54) is 20.3 Å². The number of carboxylic acids is 1. The number of carbonyl (C=O) groups is 2. The predicted molar refractivity (Wildman–Crippen MR) is 89.2 cm³/mol. The molecule has 0 fully saturated rings. The molecule has 25 heavy (non-hydrogen) atoms. The normalized spacial score (nSPS) is 11.7. The average Bonchev–Trinajstić information content (AvgIpc) is 2.96. The van der Waals surface area contributed by atoms with Crippen LogP contribution in [0, 0.1) is 12.7 Å². The molecule has 0 aliphatic carbocycles. The van der Waals surface area contributed by atoms with Crippen molar-refractivity contribution >= 4 is 23.2 Å². The highest BCUT2D eigenvalue weighted by molar-refractivity contribution is 7.13.